The molecule has 96 valence electrons. The number of hydrogen-bond donors (Lipinski definition) is 1. The van der Waals surface area contributed by atoms with E-state index in [0.29, 0.717) is 0 Å². The van der Waals surface area contributed by atoms with E-state index in [1.54, 1.807) is 11.3 Å². The van der Waals surface area contributed by atoms with E-state index in [4.69, 9.17) is 0 Å². The molecule has 0 fully saturated rings. The molecule has 0 aliphatic carbocycles. The van der Waals surface area contributed by atoms with Crippen molar-refractivity contribution in [1.82, 2.24) is 0 Å². The zero-order valence-corrected chi connectivity index (χ0v) is 12.6. The van der Waals surface area contributed by atoms with Crippen LogP contribution in [0, 0.1) is 0 Å². The van der Waals surface area contributed by atoms with Crippen LogP contribution in [-0.2, 0) is 0 Å². The lowest BCUT2D eigenvalue weighted by Crippen LogP contribution is -2.20. The van der Waals surface area contributed by atoms with Crippen LogP contribution in [-0.4, -0.2) is 18.7 Å². The highest BCUT2D eigenvalue weighted by atomic mass is 79.9. The lowest BCUT2D eigenvalue weighted by Gasteiger charge is -2.20. The van der Waals surface area contributed by atoms with Crippen LogP contribution in [0.2, 0.25) is 0 Å². The van der Waals surface area contributed by atoms with Crippen molar-refractivity contribution in [3.63, 3.8) is 0 Å². The molecule has 1 heterocycles. The molecule has 18 heavy (non-hydrogen) atoms. The summed E-state index contributed by atoms with van der Waals surface area (Å²) in [5, 5.41) is 10.1. The van der Waals surface area contributed by atoms with Crippen LogP contribution in [0.15, 0.2) is 46.3 Å². The summed E-state index contributed by atoms with van der Waals surface area (Å²) in [6.45, 7) is 0.834. The van der Waals surface area contributed by atoms with Crippen LogP contribution in [0.5, 0.6) is 0 Å². The molecule has 2 aromatic rings. The zero-order valence-electron chi connectivity index (χ0n) is 10.2. The second kappa shape index (κ2) is 6.36. The van der Waals surface area contributed by atoms with E-state index in [2.05, 4.69) is 33.0 Å². The van der Waals surface area contributed by atoms with E-state index in [9.17, 15) is 5.11 Å². The molecule has 4 heteroatoms. The van der Waals surface area contributed by atoms with Crippen molar-refractivity contribution in [2.45, 2.75) is 12.5 Å². The number of benzene rings is 1. The molecule has 2 nitrogen and oxygen atoms in total. The molecule has 0 spiro atoms. The second-order valence-electron chi connectivity index (χ2n) is 4.20. The van der Waals surface area contributed by atoms with Gasteiger partial charge in [-0.2, -0.15) is 0 Å². The second-order valence-corrected chi connectivity index (χ2v) is 6.70. The number of nitrogens with zero attached hydrogens (tertiary/aromatic N) is 1. The monoisotopic (exact) mass is 325 g/mol. The summed E-state index contributed by atoms with van der Waals surface area (Å²) in [5.41, 5.74) is 1.18. The van der Waals surface area contributed by atoms with Crippen molar-refractivity contribution in [1.29, 1.82) is 0 Å². The van der Waals surface area contributed by atoms with Gasteiger partial charge < -0.3 is 10.0 Å². The molecule has 0 saturated carbocycles. The van der Waals surface area contributed by atoms with Gasteiger partial charge in [0.05, 0.1) is 9.89 Å². The minimum Gasteiger partial charge on any atom is -0.388 e. The number of aliphatic hydroxyl groups is 1. The van der Waals surface area contributed by atoms with Crippen LogP contribution in [0.25, 0.3) is 0 Å². The Morgan fingerprint density at radius 2 is 1.94 bits per heavy atom. The molecule has 0 amide bonds. The number of rotatable bonds is 5. The third-order valence-corrected chi connectivity index (χ3v) is 4.58. The smallest absolute Gasteiger partial charge is 0.0899 e. The number of halogens is 1. The van der Waals surface area contributed by atoms with Crippen molar-refractivity contribution in [2.24, 2.45) is 0 Å². The molecule has 2 rings (SSSR count). The van der Waals surface area contributed by atoms with E-state index in [1.807, 2.05) is 37.4 Å². The van der Waals surface area contributed by atoms with Crippen LogP contribution in [0.4, 0.5) is 5.69 Å². The Hall–Kier alpha value is -0.840. The lowest BCUT2D eigenvalue weighted by atomic mass is 10.2. The highest BCUT2D eigenvalue weighted by molar-refractivity contribution is 9.11. The Morgan fingerprint density at radius 3 is 2.56 bits per heavy atom. The molecule has 0 radical (unpaired) electrons. The van der Waals surface area contributed by atoms with Gasteiger partial charge in [-0.3, -0.25) is 0 Å². The van der Waals surface area contributed by atoms with Gasteiger partial charge in [0.15, 0.2) is 0 Å². The summed E-state index contributed by atoms with van der Waals surface area (Å²) in [6.07, 6.45) is 0.352. The third-order valence-electron chi connectivity index (χ3n) is 2.86. The first-order chi connectivity index (χ1) is 8.66. The van der Waals surface area contributed by atoms with Gasteiger partial charge in [0.2, 0.25) is 0 Å². The van der Waals surface area contributed by atoms with E-state index < -0.39 is 0 Å². The van der Waals surface area contributed by atoms with Gasteiger partial charge in [0, 0.05) is 24.2 Å². The van der Waals surface area contributed by atoms with Gasteiger partial charge in [0.25, 0.3) is 0 Å². The van der Waals surface area contributed by atoms with E-state index in [1.165, 1.54) is 5.69 Å². The Morgan fingerprint density at radius 1 is 1.22 bits per heavy atom. The van der Waals surface area contributed by atoms with E-state index >= 15 is 0 Å². The van der Waals surface area contributed by atoms with E-state index in [0.717, 1.165) is 21.6 Å². The quantitative estimate of drug-likeness (QED) is 0.895. The van der Waals surface area contributed by atoms with Crippen molar-refractivity contribution in [3.8, 4) is 0 Å². The summed E-state index contributed by atoms with van der Waals surface area (Å²) >= 11 is 5.01. The fourth-order valence-electron chi connectivity index (χ4n) is 1.78. The molecular formula is C14H16BrNOS. The summed E-state index contributed by atoms with van der Waals surface area (Å²) in [7, 11) is 2.05. The van der Waals surface area contributed by atoms with Crippen molar-refractivity contribution in [3.05, 3.63) is 51.1 Å². The number of thiophene rings is 1. The SMILES string of the molecule is CN(CCC(O)c1ccc(Br)s1)c1ccccc1. The largest absolute Gasteiger partial charge is 0.388 e. The van der Waals surface area contributed by atoms with Gasteiger partial charge >= 0.3 is 0 Å². The van der Waals surface area contributed by atoms with Gasteiger partial charge in [-0.05, 0) is 46.6 Å². The highest BCUT2D eigenvalue weighted by Crippen LogP contribution is 2.29. The lowest BCUT2D eigenvalue weighted by molar-refractivity contribution is 0.173. The minimum atomic E-state index is -0.382. The maximum atomic E-state index is 10.1. The number of hydrogen-bond acceptors (Lipinski definition) is 3. The van der Waals surface area contributed by atoms with Crippen molar-refractivity contribution in [2.75, 3.05) is 18.5 Å². The molecular weight excluding hydrogens is 310 g/mol. The van der Waals surface area contributed by atoms with Crippen molar-refractivity contribution >= 4 is 33.0 Å². The van der Waals surface area contributed by atoms with Crippen LogP contribution >= 0.6 is 27.3 Å². The first kappa shape index (κ1) is 13.6. The Balaban J connectivity index is 1.88. The molecule has 0 aliphatic heterocycles. The summed E-state index contributed by atoms with van der Waals surface area (Å²) in [5.74, 6) is 0. The topological polar surface area (TPSA) is 23.5 Å². The van der Waals surface area contributed by atoms with Crippen LogP contribution in [0.3, 0.4) is 0 Å². The molecule has 1 aromatic heterocycles. The molecule has 1 N–H and O–H groups in total. The Labute approximate surface area is 120 Å². The van der Waals surface area contributed by atoms with Crippen LogP contribution < -0.4 is 4.90 Å². The molecule has 1 atom stereocenters. The molecule has 1 unspecified atom stereocenters. The predicted molar refractivity (Wildman–Crippen MR) is 81.3 cm³/mol. The number of aliphatic hydroxyl groups excluding tert-OH is 1. The average Bonchev–Trinajstić information content (AvgIpc) is 2.83. The van der Waals surface area contributed by atoms with Gasteiger partial charge in [-0.25, -0.2) is 0 Å². The molecule has 0 aliphatic rings. The number of anilines is 1. The van der Waals surface area contributed by atoms with Crippen molar-refractivity contribution < 1.29 is 5.11 Å². The minimum absolute atomic E-state index is 0.382. The maximum absolute atomic E-state index is 10.1. The van der Waals surface area contributed by atoms with Gasteiger partial charge in [-0.1, -0.05) is 18.2 Å². The fourth-order valence-corrected chi connectivity index (χ4v) is 3.22. The summed E-state index contributed by atoms with van der Waals surface area (Å²) in [6, 6.07) is 14.2. The predicted octanol–water partition coefficient (Wildman–Crippen LogP) is 4.07. The average molecular weight is 326 g/mol. The molecule has 0 bridgehead atoms. The summed E-state index contributed by atoms with van der Waals surface area (Å²) < 4.78 is 1.06. The first-order valence-electron chi connectivity index (χ1n) is 5.86. The molecule has 1 aromatic carbocycles. The highest BCUT2D eigenvalue weighted by Gasteiger charge is 2.11. The zero-order chi connectivity index (χ0) is 13.0. The normalized spacial score (nSPS) is 12.4. The number of para-hydroxylation sites is 1. The Kier molecular flexibility index (Phi) is 4.80. The van der Waals surface area contributed by atoms with Crippen LogP contribution in [0.1, 0.15) is 17.4 Å². The maximum Gasteiger partial charge on any atom is 0.0899 e. The Bertz CT molecular complexity index is 486. The van der Waals surface area contributed by atoms with Gasteiger partial charge in [-0.15, -0.1) is 11.3 Å². The third kappa shape index (κ3) is 3.57. The van der Waals surface area contributed by atoms with E-state index in [-0.39, 0.29) is 6.10 Å². The van der Waals surface area contributed by atoms with Gasteiger partial charge in [0.1, 0.15) is 0 Å². The standard InChI is InChI=1S/C14H16BrNOS/c1-16(11-5-3-2-4-6-11)10-9-12(17)13-7-8-14(15)18-13/h2-8,12,17H,9-10H2,1H3. The summed E-state index contributed by atoms with van der Waals surface area (Å²) in [4.78, 5) is 3.18. The molecule has 0 saturated heterocycles. The first-order valence-corrected chi connectivity index (χ1v) is 7.47. The fraction of sp³-hybridized carbons (Fsp3) is 0.286.